The molecular weight excluding hydrogens is 234 g/mol. The van der Waals surface area contributed by atoms with Crippen LogP contribution in [0.1, 0.15) is 33.1 Å². The molecule has 0 bridgehead atoms. The van der Waals surface area contributed by atoms with Crippen molar-refractivity contribution < 1.29 is 14.6 Å². The van der Waals surface area contributed by atoms with Crippen molar-refractivity contribution in [3.05, 3.63) is 12.4 Å². The van der Waals surface area contributed by atoms with Crippen molar-refractivity contribution in [2.75, 3.05) is 5.32 Å². The quantitative estimate of drug-likeness (QED) is 0.828. The fourth-order valence-electron chi connectivity index (χ4n) is 1.88. The van der Waals surface area contributed by atoms with Crippen LogP contribution in [0.4, 0.5) is 5.82 Å². The molecule has 98 valence electrons. The van der Waals surface area contributed by atoms with E-state index < -0.39 is 11.5 Å². The Morgan fingerprint density at radius 2 is 2.22 bits per heavy atom. The molecule has 1 fully saturated rings. The van der Waals surface area contributed by atoms with E-state index in [0.717, 1.165) is 6.42 Å². The number of nitrogens with zero attached hydrogens (tertiary/aromatic N) is 2. The Morgan fingerprint density at radius 3 is 2.72 bits per heavy atom. The van der Waals surface area contributed by atoms with Gasteiger partial charge in [-0.3, -0.25) is 0 Å². The number of carboxylic acid groups (broad SMARTS) is 1. The summed E-state index contributed by atoms with van der Waals surface area (Å²) < 4.78 is 5.44. The van der Waals surface area contributed by atoms with Gasteiger partial charge in [-0.1, -0.05) is 0 Å². The molecule has 18 heavy (non-hydrogen) atoms. The maximum absolute atomic E-state index is 11.2. The van der Waals surface area contributed by atoms with Crippen LogP contribution in [0.15, 0.2) is 12.4 Å². The summed E-state index contributed by atoms with van der Waals surface area (Å²) in [4.78, 5) is 19.2. The number of ether oxygens (including phenoxy) is 1. The first kappa shape index (κ1) is 12.6. The zero-order valence-corrected chi connectivity index (χ0v) is 10.5. The Hall–Kier alpha value is -1.85. The lowest BCUT2D eigenvalue weighted by Crippen LogP contribution is -2.52. The third-order valence-corrected chi connectivity index (χ3v) is 2.98. The molecule has 0 aromatic carbocycles. The first-order chi connectivity index (χ1) is 8.52. The van der Waals surface area contributed by atoms with Gasteiger partial charge in [0, 0.05) is 6.07 Å². The number of carbonyl (C=O) groups is 1. The van der Waals surface area contributed by atoms with E-state index in [-0.39, 0.29) is 6.10 Å². The second kappa shape index (κ2) is 4.80. The van der Waals surface area contributed by atoms with Gasteiger partial charge in [0.2, 0.25) is 5.88 Å². The molecule has 1 aromatic heterocycles. The number of hydrogen-bond acceptors (Lipinski definition) is 5. The van der Waals surface area contributed by atoms with Crippen LogP contribution in [0.25, 0.3) is 0 Å². The van der Waals surface area contributed by atoms with Crippen molar-refractivity contribution in [3.63, 3.8) is 0 Å². The van der Waals surface area contributed by atoms with Crippen LogP contribution in [0.2, 0.25) is 0 Å². The molecule has 0 radical (unpaired) electrons. The number of hydrogen-bond donors (Lipinski definition) is 2. The van der Waals surface area contributed by atoms with Crippen LogP contribution in [-0.4, -0.2) is 32.7 Å². The van der Waals surface area contributed by atoms with E-state index in [1.807, 2.05) is 13.8 Å². The first-order valence-corrected chi connectivity index (χ1v) is 6.02. The molecule has 0 atom stereocenters. The second-order valence-electron chi connectivity index (χ2n) is 4.77. The van der Waals surface area contributed by atoms with Gasteiger partial charge in [-0.2, -0.15) is 0 Å². The minimum atomic E-state index is -0.872. The molecular formula is C12H17N3O3. The Kier molecular flexibility index (Phi) is 3.36. The fraction of sp³-hybridized carbons (Fsp3) is 0.583. The topological polar surface area (TPSA) is 84.3 Å². The van der Waals surface area contributed by atoms with Gasteiger partial charge in [0.25, 0.3) is 0 Å². The van der Waals surface area contributed by atoms with E-state index in [4.69, 9.17) is 4.74 Å². The number of nitrogens with one attached hydrogen (secondary N) is 1. The van der Waals surface area contributed by atoms with Gasteiger partial charge in [0.15, 0.2) is 0 Å². The van der Waals surface area contributed by atoms with Crippen LogP contribution in [0.3, 0.4) is 0 Å². The number of anilines is 1. The lowest BCUT2D eigenvalue weighted by molar-refractivity contribution is -0.145. The maximum Gasteiger partial charge on any atom is 0.329 e. The van der Waals surface area contributed by atoms with Crippen molar-refractivity contribution in [1.82, 2.24) is 9.97 Å². The largest absolute Gasteiger partial charge is 0.480 e. The zero-order chi connectivity index (χ0) is 13.2. The van der Waals surface area contributed by atoms with Crippen LogP contribution in [0.5, 0.6) is 5.88 Å². The molecule has 1 heterocycles. The Balaban J connectivity index is 2.11. The summed E-state index contributed by atoms with van der Waals surface area (Å²) in [6.45, 7) is 3.81. The smallest absolute Gasteiger partial charge is 0.329 e. The van der Waals surface area contributed by atoms with Crippen LogP contribution < -0.4 is 10.1 Å². The second-order valence-corrected chi connectivity index (χ2v) is 4.77. The predicted octanol–water partition coefficient (Wildman–Crippen LogP) is 1.68. The minimum Gasteiger partial charge on any atom is -0.480 e. The van der Waals surface area contributed by atoms with Gasteiger partial charge in [-0.15, -0.1) is 0 Å². The van der Waals surface area contributed by atoms with E-state index >= 15 is 0 Å². The van der Waals surface area contributed by atoms with Crippen molar-refractivity contribution in [2.45, 2.75) is 44.8 Å². The first-order valence-electron chi connectivity index (χ1n) is 6.02. The summed E-state index contributed by atoms with van der Waals surface area (Å²) >= 11 is 0. The molecule has 0 amide bonds. The average Bonchev–Trinajstić information content (AvgIpc) is 2.22. The summed E-state index contributed by atoms with van der Waals surface area (Å²) in [6.07, 6.45) is 3.54. The molecule has 0 spiro atoms. The van der Waals surface area contributed by atoms with E-state index in [1.165, 1.54) is 6.33 Å². The highest BCUT2D eigenvalue weighted by Crippen LogP contribution is 2.35. The van der Waals surface area contributed by atoms with E-state index in [2.05, 4.69) is 15.3 Å². The highest BCUT2D eigenvalue weighted by molar-refractivity contribution is 5.83. The SMILES string of the molecule is CC(C)Oc1cc(NC2(C(=O)O)CCC2)ncn1. The molecule has 1 saturated carbocycles. The minimum absolute atomic E-state index is 0.0184. The summed E-state index contributed by atoms with van der Waals surface area (Å²) in [5.74, 6) is 0.101. The van der Waals surface area contributed by atoms with E-state index in [0.29, 0.717) is 24.5 Å². The third kappa shape index (κ3) is 2.52. The molecule has 2 N–H and O–H groups in total. The molecule has 0 aliphatic heterocycles. The molecule has 0 unspecified atom stereocenters. The van der Waals surface area contributed by atoms with Crippen molar-refractivity contribution in [2.24, 2.45) is 0 Å². The van der Waals surface area contributed by atoms with Gasteiger partial charge in [-0.25, -0.2) is 14.8 Å². The third-order valence-electron chi connectivity index (χ3n) is 2.98. The van der Waals surface area contributed by atoms with Crippen molar-refractivity contribution in [3.8, 4) is 5.88 Å². The Labute approximate surface area is 105 Å². The van der Waals surface area contributed by atoms with Gasteiger partial charge < -0.3 is 15.2 Å². The van der Waals surface area contributed by atoms with Gasteiger partial charge in [0.1, 0.15) is 17.7 Å². The van der Waals surface area contributed by atoms with Gasteiger partial charge in [-0.05, 0) is 33.1 Å². The Morgan fingerprint density at radius 1 is 1.50 bits per heavy atom. The summed E-state index contributed by atoms with van der Waals surface area (Å²) in [6, 6.07) is 1.63. The fourth-order valence-corrected chi connectivity index (χ4v) is 1.88. The number of aliphatic carboxylic acids is 1. The molecule has 1 aromatic rings. The molecule has 1 aliphatic rings. The predicted molar refractivity (Wildman–Crippen MR) is 65.6 cm³/mol. The molecule has 2 rings (SSSR count). The van der Waals surface area contributed by atoms with Crippen LogP contribution >= 0.6 is 0 Å². The number of carboxylic acids is 1. The van der Waals surface area contributed by atoms with Crippen molar-refractivity contribution in [1.29, 1.82) is 0 Å². The molecule has 6 nitrogen and oxygen atoms in total. The van der Waals surface area contributed by atoms with Crippen LogP contribution in [0, 0.1) is 0 Å². The molecule has 0 saturated heterocycles. The molecule has 6 heteroatoms. The monoisotopic (exact) mass is 251 g/mol. The van der Waals surface area contributed by atoms with Gasteiger partial charge in [0.05, 0.1) is 6.10 Å². The maximum atomic E-state index is 11.2. The van der Waals surface area contributed by atoms with E-state index in [9.17, 15) is 9.90 Å². The summed E-state index contributed by atoms with van der Waals surface area (Å²) in [5, 5.41) is 12.2. The van der Waals surface area contributed by atoms with Gasteiger partial charge >= 0.3 is 5.97 Å². The summed E-state index contributed by atoms with van der Waals surface area (Å²) in [7, 11) is 0. The number of aromatic nitrogens is 2. The highest BCUT2D eigenvalue weighted by atomic mass is 16.5. The van der Waals surface area contributed by atoms with Crippen molar-refractivity contribution >= 4 is 11.8 Å². The molecule has 1 aliphatic carbocycles. The summed E-state index contributed by atoms with van der Waals surface area (Å²) in [5.41, 5.74) is -0.872. The number of rotatable bonds is 5. The highest BCUT2D eigenvalue weighted by Gasteiger charge is 2.44. The normalized spacial score (nSPS) is 17.1. The zero-order valence-electron chi connectivity index (χ0n) is 10.5. The Bertz CT molecular complexity index is 444. The average molecular weight is 251 g/mol. The lowest BCUT2D eigenvalue weighted by Gasteiger charge is -2.38. The van der Waals surface area contributed by atoms with E-state index in [1.54, 1.807) is 6.07 Å². The van der Waals surface area contributed by atoms with Crippen LogP contribution in [-0.2, 0) is 4.79 Å². The standard InChI is InChI=1S/C12H17N3O3/c1-8(2)18-10-6-9(13-7-14-10)15-12(11(16)17)4-3-5-12/h6-8H,3-5H2,1-2H3,(H,16,17)(H,13,14,15). The lowest BCUT2D eigenvalue weighted by atomic mass is 9.77.